The van der Waals surface area contributed by atoms with Crippen molar-refractivity contribution in [3.05, 3.63) is 33.3 Å². The number of aromatic nitrogens is 1. The number of methoxy groups -OCH3 is 1. The number of rotatable bonds is 3. The molecule has 0 saturated carbocycles. The third-order valence-electron chi connectivity index (χ3n) is 2.49. The second-order valence-electron chi connectivity index (χ2n) is 3.71. The fourth-order valence-electron chi connectivity index (χ4n) is 1.71. The van der Waals surface area contributed by atoms with Gasteiger partial charge in [-0.3, -0.25) is 0 Å². The Kier molecular flexibility index (Phi) is 4.18. The third kappa shape index (κ3) is 2.78. The Hall–Kier alpha value is -1.44. The summed E-state index contributed by atoms with van der Waals surface area (Å²) in [5.74, 6) is -0.501. The molecule has 2 aromatic rings. The molecule has 0 amide bonds. The van der Waals surface area contributed by atoms with E-state index >= 15 is 0 Å². The number of carbonyl (C=O) groups excluding carboxylic acids is 1. The summed E-state index contributed by atoms with van der Waals surface area (Å²) in [5.41, 5.74) is 0.663. The highest BCUT2D eigenvalue weighted by Gasteiger charge is 2.15. The Labute approximate surface area is 123 Å². The Morgan fingerprint density at radius 3 is 2.79 bits per heavy atom. The smallest absolute Gasteiger partial charge is 0.356 e. The Balaban J connectivity index is 2.75. The molecule has 0 N–H and O–H groups in total. The van der Waals surface area contributed by atoms with Crippen molar-refractivity contribution in [3.8, 4) is 5.75 Å². The molecule has 6 heteroatoms. The first-order valence-electron chi connectivity index (χ1n) is 5.57. The summed E-state index contributed by atoms with van der Waals surface area (Å²) >= 11 is 1.97. The summed E-state index contributed by atoms with van der Waals surface area (Å²) in [6, 6.07) is 4.16. The Morgan fingerprint density at radius 2 is 2.16 bits per heavy atom. The predicted octanol–water partition coefficient (Wildman–Crippen LogP) is 3.16. The highest BCUT2D eigenvalue weighted by molar-refractivity contribution is 14.1. The molecule has 1 aromatic carbocycles. The average molecular weight is 375 g/mol. The van der Waals surface area contributed by atoms with Gasteiger partial charge in [-0.1, -0.05) is 0 Å². The maximum atomic E-state index is 13.5. The van der Waals surface area contributed by atoms with E-state index in [0.717, 1.165) is 0 Å². The fraction of sp³-hybridized carbons (Fsp3) is 0.231. The number of ether oxygens (including phenoxy) is 2. The molecule has 1 aromatic heterocycles. The van der Waals surface area contributed by atoms with Gasteiger partial charge in [-0.15, -0.1) is 0 Å². The molecule has 19 heavy (non-hydrogen) atoms. The van der Waals surface area contributed by atoms with Crippen LogP contribution in [0.5, 0.6) is 5.75 Å². The zero-order chi connectivity index (χ0) is 14.0. The van der Waals surface area contributed by atoms with Gasteiger partial charge in [-0.05, 0) is 41.6 Å². The van der Waals surface area contributed by atoms with Crippen LogP contribution in [0.15, 0.2) is 18.2 Å². The average Bonchev–Trinajstić information content (AvgIpc) is 2.38. The number of hydrogen-bond donors (Lipinski definition) is 0. The van der Waals surface area contributed by atoms with Crippen LogP contribution in [0.2, 0.25) is 0 Å². The van der Waals surface area contributed by atoms with E-state index in [0.29, 0.717) is 26.8 Å². The summed E-state index contributed by atoms with van der Waals surface area (Å²) in [7, 11) is 1.28. The largest absolute Gasteiger partial charge is 0.493 e. The van der Waals surface area contributed by atoms with Crippen LogP contribution >= 0.6 is 22.6 Å². The number of pyridine rings is 1. The monoisotopic (exact) mass is 375 g/mol. The van der Waals surface area contributed by atoms with E-state index in [2.05, 4.69) is 9.72 Å². The second-order valence-corrected chi connectivity index (χ2v) is 4.88. The van der Waals surface area contributed by atoms with E-state index < -0.39 is 5.97 Å². The molecular formula is C13H11FINO3. The predicted molar refractivity (Wildman–Crippen MR) is 76.9 cm³/mol. The number of hydrogen-bond acceptors (Lipinski definition) is 4. The van der Waals surface area contributed by atoms with Gasteiger partial charge in [0.25, 0.3) is 0 Å². The lowest BCUT2D eigenvalue weighted by Gasteiger charge is -2.10. The number of benzene rings is 1. The van der Waals surface area contributed by atoms with Crippen LogP contribution in [0.1, 0.15) is 17.4 Å². The van der Waals surface area contributed by atoms with Crippen molar-refractivity contribution in [2.24, 2.45) is 0 Å². The van der Waals surface area contributed by atoms with Crippen molar-refractivity contribution in [2.75, 3.05) is 13.7 Å². The van der Waals surface area contributed by atoms with Crippen LogP contribution in [0.25, 0.3) is 10.9 Å². The molecule has 0 spiro atoms. The summed E-state index contributed by atoms with van der Waals surface area (Å²) < 4.78 is 24.2. The number of nitrogens with zero attached hydrogens (tertiary/aromatic N) is 1. The van der Waals surface area contributed by atoms with E-state index in [4.69, 9.17) is 4.74 Å². The molecule has 0 aliphatic carbocycles. The minimum absolute atomic E-state index is 0.142. The van der Waals surface area contributed by atoms with Gasteiger partial charge in [0, 0.05) is 15.0 Å². The zero-order valence-corrected chi connectivity index (χ0v) is 12.5. The molecule has 2 rings (SSSR count). The molecule has 4 nitrogen and oxygen atoms in total. The molecule has 0 aliphatic heterocycles. The number of carbonyl (C=O) groups is 1. The number of fused-ring (bicyclic) bond motifs is 1. The quantitative estimate of drug-likeness (QED) is 0.611. The van der Waals surface area contributed by atoms with E-state index in [9.17, 15) is 9.18 Å². The summed E-state index contributed by atoms with van der Waals surface area (Å²) in [6.45, 7) is 2.22. The fourth-order valence-corrected chi connectivity index (χ4v) is 2.41. The van der Waals surface area contributed by atoms with Crippen molar-refractivity contribution in [3.63, 3.8) is 0 Å². The van der Waals surface area contributed by atoms with Crippen LogP contribution in [0.4, 0.5) is 4.39 Å². The summed E-state index contributed by atoms with van der Waals surface area (Å²) in [5, 5.41) is 0.541. The Bertz CT molecular complexity index is 645. The third-order valence-corrected chi connectivity index (χ3v) is 3.31. The van der Waals surface area contributed by atoms with Gasteiger partial charge in [0.15, 0.2) is 5.69 Å². The van der Waals surface area contributed by atoms with Crippen LogP contribution in [-0.2, 0) is 4.74 Å². The molecule has 0 fully saturated rings. The molecule has 0 radical (unpaired) electrons. The minimum Gasteiger partial charge on any atom is -0.493 e. The number of halogens is 2. The molecule has 0 unspecified atom stereocenters. The van der Waals surface area contributed by atoms with Crippen LogP contribution < -0.4 is 4.74 Å². The van der Waals surface area contributed by atoms with E-state index in [1.807, 2.05) is 29.5 Å². The van der Waals surface area contributed by atoms with Crippen LogP contribution in [-0.4, -0.2) is 24.7 Å². The maximum absolute atomic E-state index is 13.5. The minimum atomic E-state index is -0.553. The highest BCUT2D eigenvalue weighted by Crippen LogP contribution is 2.30. The van der Waals surface area contributed by atoms with E-state index in [1.54, 1.807) is 0 Å². The SMILES string of the molecule is CCOc1cc(C(=O)OC)nc2c(I)cc(F)cc12. The van der Waals surface area contributed by atoms with E-state index in [1.165, 1.54) is 25.3 Å². The van der Waals surface area contributed by atoms with Crippen molar-refractivity contribution in [2.45, 2.75) is 6.92 Å². The molecule has 0 atom stereocenters. The van der Waals surface area contributed by atoms with Gasteiger partial charge in [0.05, 0.1) is 19.2 Å². The lowest BCUT2D eigenvalue weighted by molar-refractivity contribution is 0.0594. The summed E-state index contributed by atoms with van der Waals surface area (Å²) in [6.07, 6.45) is 0. The van der Waals surface area contributed by atoms with Crippen molar-refractivity contribution >= 4 is 39.5 Å². The topological polar surface area (TPSA) is 48.4 Å². The lowest BCUT2D eigenvalue weighted by Crippen LogP contribution is -2.06. The van der Waals surface area contributed by atoms with Gasteiger partial charge in [-0.25, -0.2) is 14.2 Å². The molecule has 0 saturated heterocycles. The molecular weight excluding hydrogens is 364 g/mol. The first-order chi connectivity index (χ1) is 9.06. The molecule has 100 valence electrons. The van der Waals surface area contributed by atoms with Gasteiger partial charge in [0.2, 0.25) is 0 Å². The first kappa shape index (κ1) is 14.0. The number of esters is 1. The van der Waals surface area contributed by atoms with Crippen LogP contribution in [0.3, 0.4) is 0 Å². The zero-order valence-electron chi connectivity index (χ0n) is 10.4. The maximum Gasteiger partial charge on any atom is 0.356 e. The van der Waals surface area contributed by atoms with Gasteiger partial charge < -0.3 is 9.47 Å². The van der Waals surface area contributed by atoms with Crippen molar-refractivity contribution < 1.29 is 18.7 Å². The molecule has 1 heterocycles. The lowest BCUT2D eigenvalue weighted by atomic mass is 10.1. The highest BCUT2D eigenvalue weighted by atomic mass is 127. The summed E-state index contributed by atoms with van der Waals surface area (Å²) in [4.78, 5) is 15.8. The van der Waals surface area contributed by atoms with Crippen molar-refractivity contribution in [1.29, 1.82) is 0 Å². The standard InChI is InChI=1S/C13H11FINO3/c1-3-19-11-6-10(13(17)18-2)16-12-8(11)4-7(14)5-9(12)15/h4-6H,3H2,1-2H3. The van der Waals surface area contributed by atoms with E-state index in [-0.39, 0.29) is 11.5 Å². The van der Waals surface area contributed by atoms with Gasteiger partial charge in [0.1, 0.15) is 11.6 Å². The Morgan fingerprint density at radius 1 is 1.42 bits per heavy atom. The molecule has 0 bridgehead atoms. The first-order valence-corrected chi connectivity index (χ1v) is 6.65. The van der Waals surface area contributed by atoms with Crippen LogP contribution in [0, 0.1) is 9.39 Å². The van der Waals surface area contributed by atoms with Gasteiger partial charge >= 0.3 is 5.97 Å². The molecule has 0 aliphatic rings. The van der Waals surface area contributed by atoms with Gasteiger partial charge in [-0.2, -0.15) is 0 Å². The van der Waals surface area contributed by atoms with Crippen molar-refractivity contribution in [1.82, 2.24) is 4.98 Å². The second kappa shape index (κ2) is 5.68. The normalized spacial score (nSPS) is 10.5.